The number of nitrogens with zero attached hydrogens (tertiary/aromatic N) is 1. The number of nitro groups is 1. The predicted molar refractivity (Wildman–Crippen MR) is 84.5 cm³/mol. The molecule has 0 aliphatic heterocycles. The van der Waals surface area contributed by atoms with Crippen molar-refractivity contribution in [3.05, 3.63) is 27.8 Å². The fourth-order valence-electron chi connectivity index (χ4n) is 1.93. The van der Waals surface area contributed by atoms with Crippen LogP contribution in [-0.2, 0) is 4.79 Å². The predicted octanol–water partition coefficient (Wildman–Crippen LogP) is 1.84. The summed E-state index contributed by atoms with van der Waals surface area (Å²) in [6.45, 7) is 4.92. The maximum atomic E-state index is 12.3. The molecule has 9 heteroatoms. The quantitative estimate of drug-likeness (QED) is 0.546. The van der Waals surface area contributed by atoms with Crippen LogP contribution in [0.25, 0.3) is 0 Å². The van der Waals surface area contributed by atoms with Gasteiger partial charge in [0.2, 0.25) is 0 Å². The lowest BCUT2D eigenvalue weighted by atomic mass is 10.0. The van der Waals surface area contributed by atoms with Gasteiger partial charge in [0.15, 0.2) is 11.5 Å². The molecular weight excluding hydrogens is 320 g/mol. The van der Waals surface area contributed by atoms with Gasteiger partial charge in [0, 0.05) is 12.1 Å². The van der Waals surface area contributed by atoms with E-state index in [2.05, 4.69) is 5.32 Å². The molecule has 0 aromatic heterocycles. The zero-order valence-corrected chi connectivity index (χ0v) is 13.9. The Morgan fingerprint density at radius 3 is 2.42 bits per heavy atom. The van der Waals surface area contributed by atoms with Gasteiger partial charge in [-0.2, -0.15) is 0 Å². The van der Waals surface area contributed by atoms with E-state index >= 15 is 0 Å². The molecule has 0 saturated heterocycles. The molecular formula is C15H20N2O7. The number of amides is 1. The van der Waals surface area contributed by atoms with Crippen LogP contribution in [0.15, 0.2) is 12.1 Å². The van der Waals surface area contributed by atoms with Gasteiger partial charge in [-0.3, -0.25) is 19.7 Å². The Kier molecular flexibility index (Phi) is 6.51. The van der Waals surface area contributed by atoms with Crippen LogP contribution in [0.4, 0.5) is 5.69 Å². The summed E-state index contributed by atoms with van der Waals surface area (Å²) in [7, 11) is 1.35. The molecule has 2 atom stereocenters. The third-order valence-electron chi connectivity index (χ3n) is 3.52. The van der Waals surface area contributed by atoms with Crippen LogP contribution in [0.5, 0.6) is 11.5 Å². The lowest BCUT2D eigenvalue weighted by molar-refractivity contribution is -0.385. The summed E-state index contributed by atoms with van der Waals surface area (Å²) in [5.41, 5.74) is -0.684. The molecule has 2 unspecified atom stereocenters. The summed E-state index contributed by atoms with van der Waals surface area (Å²) in [5.74, 6) is -2.37. The third kappa shape index (κ3) is 4.34. The second kappa shape index (κ2) is 8.14. The highest BCUT2D eigenvalue weighted by atomic mass is 16.6. The van der Waals surface area contributed by atoms with E-state index in [1.54, 1.807) is 6.92 Å². The number of nitrogens with one attached hydrogen (secondary N) is 1. The van der Waals surface area contributed by atoms with Crippen molar-refractivity contribution < 1.29 is 29.1 Å². The van der Waals surface area contributed by atoms with E-state index in [-0.39, 0.29) is 23.7 Å². The number of benzene rings is 1. The molecule has 2 N–H and O–H groups in total. The van der Waals surface area contributed by atoms with Gasteiger partial charge < -0.3 is 19.9 Å². The number of rotatable bonds is 8. The molecule has 1 amide bonds. The van der Waals surface area contributed by atoms with Gasteiger partial charge in [0.05, 0.1) is 30.6 Å². The highest BCUT2D eigenvalue weighted by molar-refractivity contribution is 5.99. The molecule has 24 heavy (non-hydrogen) atoms. The Morgan fingerprint density at radius 1 is 1.33 bits per heavy atom. The summed E-state index contributed by atoms with van der Waals surface area (Å²) >= 11 is 0. The van der Waals surface area contributed by atoms with Crippen molar-refractivity contribution in [1.82, 2.24) is 5.32 Å². The first kappa shape index (κ1) is 19.2. The number of hydrogen-bond acceptors (Lipinski definition) is 6. The molecule has 0 heterocycles. The second-order valence-corrected chi connectivity index (χ2v) is 5.10. The third-order valence-corrected chi connectivity index (χ3v) is 3.52. The van der Waals surface area contributed by atoms with Crippen molar-refractivity contribution >= 4 is 17.6 Å². The lowest BCUT2D eigenvalue weighted by Crippen LogP contribution is -2.40. The van der Waals surface area contributed by atoms with Crippen LogP contribution in [-0.4, -0.2) is 41.7 Å². The van der Waals surface area contributed by atoms with Crippen molar-refractivity contribution in [3.63, 3.8) is 0 Å². The first-order valence-corrected chi connectivity index (χ1v) is 7.25. The Morgan fingerprint density at radius 2 is 1.96 bits per heavy atom. The molecule has 0 aliphatic carbocycles. The van der Waals surface area contributed by atoms with Crippen molar-refractivity contribution in [3.8, 4) is 11.5 Å². The van der Waals surface area contributed by atoms with E-state index in [4.69, 9.17) is 14.6 Å². The Bertz CT molecular complexity index is 645. The van der Waals surface area contributed by atoms with Gasteiger partial charge in [-0.25, -0.2) is 0 Å². The number of carboxylic acid groups (broad SMARTS) is 1. The number of carbonyl (C=O) groups is 2. The van der Waals surface area contributed by atoms with E-state index in [1.165, 1.54) is 27.0 Å². The summed E-state index contributed by atoms with van der Waals surface area (Å²) in [6.07, 6.45) is 0. The monoisotopic (exact) mass is 340 g/mol. The highest BCUT2D eigenvalue weighted by Crippen LogP contribution is 2.34. The van der Waals surface area contributed by atoms with Gasteiger partial charge in [-0.1, -0.05) is 0 Å². The zero-order chi connectivity index (χ0) is 18.4. The normalized spacial score (nSPS) is 12.8. The van der Waals surface area contributed by atoms with E-state index in [1.807, 2.05) is 0 Å². The average molecular weight is 340 g/mol. The number of carbonyl (C=O) groups excluding carboxylic acids is 1. The van der Waals surface area contributed by atoms with Gasteiger partial charge >= 0.3 is 5.97 Å². The van der Waals surface area contributed by atoms with Crippen molar-refractivity contribution in [2.75, 3.05) is 13.7 Å². The van der Waals surface area contributed by atoms with Crippen LogP contribution < -0.4 is 14.8 Å². The van der Waals surface area contributed by atoms with Crippen LogP contribution >= 0.6 is 0 Å². The molecule has 0 saturated carbocycles. The molecule has 9 nitrogen and oxygen atoms in total. The van der Waals surface area contributed by atoms with Crippen LogP contribution in [0.3, 0.4) is 0 Å². The Hall–Kier alpha value is -2.84. The standard InChI is InChI=1S/C15H20N2O7/c1-5-24-13-7-11(17(21)22)10(6-12(13)23-4)14(18)16-9(3)8(2)15(19)20/h6-9H,5H2,1-4H3,(H,16,18)(H,19,20). The molecule has 1 rings (SSSR count). The molecule has 0 bridgehead atoms. The van der Waals surface area contributed by atoms with Gasteiger partial charge in [-0.05, 0) is 20.8 Å². The number of methoxy groups -OCH3 is 1. The van der Waals surface area contributed by atoms with Crippen molar-refractivity contribution in [2.45, 2.75) is 26.8 Å². The summed E-state index contributed by atoms with van der Waals surface area (Å²) in [4.78, 5) is 33.8. The number of nitro benzene ring substituents is 1. The fourth-order valence-corrected chi connectivity index (χ4v) is 1.93. The Balaban J connectivity index is 3.23. The average Bonchev–Trinajstić information content (AvgIpc) is 2.53. The first-order chi connectivity index (χ1) is 11.2. The zero-order valence-electron chi connectivity index (χ0n) is 13.9. The van der Waals surface area contributed by atoms with Crippen LogP contribution in [0.2, 0.25) is 0 Å². The largest absolute Gasteiger partial charge is 0.493 e. The molecule has 0 radical (unpaired) electrons. The lowest BCUT2D eigenvalue weighted by Gasteiger charge is -2.18. The minimum Gasteiger partial charge on any atom is -0.493 e. The molecule has 0 fully saturated rings. The number of hydrogen-bond donors (Lipinski definition) is 2. The first-order valence-electron chi connectivity index (χ1n) is 7.25. The van der Waals surface area contributed by atoms with Gasteiger partial charge in [-0.15, -0.1) is 0 Å². The maximum absolute atomic E-state index is 12.3. The molecule has 0 aliphatic rings. The summed E-state index contributed by atoms with van der Waals surface area (Å²) < 4.78 is 10.4. The SMILES string of the molecule is CCOc1cc([N+](=O)[O-])c(C(=O)NC(C)C(C)C(=O)O)cc1OC. The fraction of sp³-hybridized carbons (Fsp3) is 0.467. The van der Waals surface area contributed by atoms with Crippen LogP contribution in [0, 0.1) is 16.0 Å². The van der Waals surface area contributed by atoms with Crippen molar-refractivity contribution in [2.24, 2.45) is 5.92 Å². The minimum atomic E-state index is -1.08. The molecule has 1 aromatic rings. The van der Waals surface area contributed by atoms with Crippen molar-refractivity contribution in [1.29, 1.82) is 0 Å². The highest BCUT2D eigenvalue weighted by Gasteiger charge is 2.28. The van der Waals surface area contributed by atoms with E-state index < -0.39 is 34.4 Å². The maximum Gasteiger partial charge on any atom is 0.308 e. The topological polar surface area (TPSA) is 128 Å². The smallest absolute Gasteiger partial charge is 0.308 e. The van der Waals surface area contributed by atoms with Crippen LogP contribution in [0.1, 0.15) is 31.1 Å². The molecule has 1 aromatic carbocycles. The van der Waals surface area contributed by atoms with E-state index in [9.17, 15) is 19.7 Å². The van der Waals surface area contributed by atoms with Gasteiger partial charge in [0.25, 0.3) is 11.6 Å². The molecule has 132 valence electrons. The molecule has 0 spiro atoms. The summed E-state index contributed by atoms with van der Waals surface area (Å²) in [5, 5.41) is 22.7. The number of ether oxygens (including phenoxy) is 2. The van der Waals surface area contributed by atoms with E-state index in [0.717, 1.165) is 6.07 Å². The Labute approximate surface area is 138 Å². The number of aliphatic carboxylic acids is 1. The summed E-state index contributed by atoms with van der Waals surface area (Å²) in [6, 6.07) is 1.60. The second-order valence-electron chi connectivity index (χ2n) is 5.10. The van der Waals surface area contributed by atoms with E-state index in [0.29, 0.717) is 0 Å². The number of carboxylic acids is 1. The minimum absolute atomic E-state index is 0.148. The van der Waals surface area contributed by atoms with Gasteiger partial charge in [0.1, 0.15) is 5.56 Å².